The quantitative estimate of drug-likeness (QED) is 0.723. The van der Waals surface area contributed by atoms with Gasteiger partial charge in [-0.3, -0.25) is 9.30 Å². The van der Waals surface area contributed by atoms with E-state index in [1.54, 1.807) is 0 Å². The number of ether oxygens (including phenoxy) is 1. The number of morpholine rings is 1. The Balaban J connectivity index is 1.69. The highest BCUT2D eigenvalue weighted by Gasteiger charge is 2.23. The Labute approximate surface area is 128 Å². The summed E-state index contributed by atoms with van der Waals surface area (Å²) in [6.07, 6.45) is 2.32. The third kappa shape index (κ3) is 2.34. The zero-order chi connectivity index (χ0) is 15.1. The zero-order valence-electron chi connectivity index (χ0n) is 12.8. The Hall–Kier alpha value is -2.05. The van der Waals surface area contributed by atoms with Gasteiger partial charge in [0.25, 0.3) is 0 Å². The SMILES string of the molecule is C[C@H]1CN(Cc2nnc3c4ccccc4ncn23)C[C@H](C)O1. The normalized spacial score (nSPS) is 23.4. The minimum Gasteiger partial charge on any atom is -0.373 e. The summed E-state index contributed by atoms with van der Waals surface area (Å²) in [5.74, 6) is 0.926. The van der Waals surface area contributed by atoms with E-state index in [-0.39, 0.29) is 12.2 Å². The molecule has 3 aromatic rings. The fourth-order valence-electron chi connectivity index (χ4n) is 3.25. The van der Waals surface area contributed by atoms with Crippen molar-refractivity contribution < 1.29 is 4.74 Å². The van der Waals surface area contributed by atoms with Crippen LogP contribution in [0.25, 0.3) is 16.6 Å². The fourth-order valence-corrected chi connectivity index (χ4v) is 3.25. The summed E-state index contributed by atoms with van der Waals surface area (Å²) in [7, 11) is 0. The van der Waals surface area contributed by atoms with Gasteiger partial charge in [0.15, 0.2) is 11.5 Å². The van der Waals surface area contributed by atoms with Gasteiger partial charge in [0.05, 0.1) is 24.3 Å². The van der Waals surface area contributed by atoms with Crippen LogP contribution in [-0.4, -0.2) is 49.8 Å². The summed E-state index contributed by atoms with van der Waals surface area (Å²) in [6, 6.07) is 8.02. The lowest BCUT2D eigenvalue weighted by Gasteiger charge is -2.34. The molecule has 0 N–H and O–H groups in total. The van der Waals surface area contributed by atoms with Crippen molar-refractivity contribution in [2.45, 2.75) is 32.6 Å². The molecule has 1 saturated heterocycles. The highest BCUT2D eigenvalue weighted by Crippen LogP contribution is 2.18. The van der Waals surface area contributed by atoms with Gasteiger partial charge in [0.1, 0.15) is 6.33 Å². The van der Waals surface area contributed by atoms with Gasteiger partial charge in [-0.05, 0) is 26.0 Å². The molecule has 0 saturated carbocycles. The molecule has 0 radical (unpaired) electrons. The van der Waals surface area contributed by atoms with Crippen molar-refractivity contribution in [1.82, 2.24) is 24.5 Å². The first-order valence-electron chi connectivity index (χ1n) is 7.66. The molecule has 0 amide bonds. The first-order valence-corrected chi connectivity index (χ1v) is 7.66. The number of aromatic nitrogens is 4. The number of rotatable bonds is 2. The summed E-state index contributed by atoms with van der Waals surface area (Å²) in [5.41, 5.74) is 1.82. The van der Waals surface area contributed by atoms with E-state index in [9.17, 15) is 0 Å². The molecule has 1 fully saturated rings. The van der Waals surface area contributed by atoms with Gasteiger partial charge in [-0.1, -0.05) is 12.1 Å². The van der Waals surface area contributed by atoms with Gasteiger partial charge < -0.3 is 4.74 Å². The fraction of sp³-hybridized carbons (Fsp3) is 0.438. The zero-order valence-corrected chi connectivity index (χ0v) is 12.8. The van der Waals surface area contributed by atoms with Crippen LogP contribution in [-0.2, 0) is 11.3 Å². The average molecular weight is 297 g/mol. The van der Waals surface area contributed by atoms with E-state index in [1.165, 1.54) is 0 Å². The molecule has 1 aliphatic heterocycles. The Morgan fingerprint density at radius 1 is 1.14 bits per heavy atom. The number of hydrogen-bond donors (Lipinski definition) is 0. The molecule has 1 aliphatic rings. The Kier molecular flexibility index (Phi) is 3.28. The van der Waals surface area contributed by atoms with E-state index in [0.29, 0.717) is 0 Å². The molecule has 2 aromatic heterocycles. The van der Waals surface area contributed by atoms with Crippen LogP contribution in [0.1, 0.15) is 19.7 Å². The number of hydrogen-bond acceptors (Lipinski definition) is 5. The van der Waals surface area contributed by atoms with E-state index in [1.807, 2.05) is 35.0 Å². The van der Waals surface area contributed by atoms with Crippen LogP contribution < -0.4 is 0 Å². The molecule has 3 heterocycles. The third-order valence-corrected chi connectivity index (χ3v) is 4.08. The van der Waals surface area contributed by atoms with Gasteiger partial charge in [0.2, 0.25) is 0 Å². The predicted molar refractivity (Wildman–Crippen MR) is 83.6 cm³/mol. The van der Waals surface area contributed by atoms with Crippen molar-refractivity contribution in [3.63, 3.8) is 0 Å². The van der Waals surface area contributed by atoms with Crippen LogP contribution in [0.2, 0.25) is 0 Å². The number of nitrogens with zero attached hydrogens (tertiary/aromatic N) is 5. The smallest absolute Gasteiger partial charge is 0.171 e. The minimum absolute atomic E-state index is 0.252. The molecule has 4 rings (SSSR count). The second-order valence-electron chi connectivity index (χ2n) is 6.02. The van der Waals surface area contributed by atoms with Crippen LogP contribution in [0.3, 0.4) is 0 Å². The molecule has 0 bridgehead atoms. The van der Waals surface area contributed by atoms with Crippen LogP contribution in [0, 0.1) is 0 Å². The summed E-state index contributed by atoms with van der Waals surface area (Å²) >= 11 is 0. The Bertz CT molecular complexity index is 805. The number of para-hydroxylation sites is 1. The van der Waals surface area contributed by atoms with E-state index >= 15 is 0 Å². The van der Waals surface area contributed by atoms with Crippen molar-refractivity contribution in [2.24, 2.45) is 0 Å². The van der Waals surface area contributed by atoms with Crippen molar-refractivity contribution in [1.29, 1.82) is 0 Å². The summed E-state index contributed by atoms with van der Waals surface area (Å²) in [5, 5.41) is 9.78. The van der Waals surface area contributed by atoms with Crippen LogP contribution in [0.5, 0.6) is 0 Å². The molecular weight excluding hydrogens is 278 g/mol. The molecule has 0 unspecified atom stereocenters. The molecule has 6 nitrogen and oxygen atoms in total. The highest BCUT2D eigenvalue weighted by molar-refractivity contribution is 5.90. The summed E-state index contributed by atoms with van der Waals surface area (Å²) in [4.78, 5) is 6.87. The van der Waals surface area contributed by atoms with E-state index < -0.39 is 0 Å². The molecule has 0 aliphatic carbocycles. The van der Waals surface area contributed by atoms with Crippen molar-refractivity contribution in [2.75, 3.05) is 13.1 Å². The van der Waals surface area contributed by atoms with Crippen LogP contribution in [0.15, 0.2) is 30.6 Å². The maximum Gasteiger partial charge on any atom is 0.171 e. The van der Waals surface area contributed by atoms with E-state index in [4.69, 9.17) is 4.74 Å². The van der Waals surface area contributed by atoms with Gasteiger partial charge in [0, 0.05) is 18.5 Å². The monoisotopic (exact) mass is 297 g/mol. The summed E-state index contributed by atoms with van der Waals surface area (Å²) < 4.78 is 7.78. The first kappa shape index (κ1) is 13.6. The largest absolute Gasteiger partial charge is 0.373 e. The van der Waals surface area contributed by atoms with Crippen LogP contribution >= 0.6 is 0 Å². The van der Waals surface area contributed by atoms with Gasteiger partial charge in [-0.2, -0.15) is 0 Å². The lowest BCUT2D eigenvalue weighted by Crippen LogP contribution is -2.45. The topological polar surface area (TPSA) is 55.6 Å². The molecule has 1 aromatic carbocycles. The first-order chi connectivity index (χ1) is 10.7. The number of fused-ring (bicyclic) bond motifs is 3. The maximum absolute atomic E-state index is 5.78. The van der Waals surface area contributed by atoms with E-state index in [0.717, 1.165) is 42.0 Å². The standard InChI is InChI=1S/C16H19N5O/c1-11-7-20(8-12(2)22-11)9-15-18-19-16-13-5-3-4-6-14(13)17-10-21(15)16/h3-6,10-12H,7-9H2,1-2H3/t11-,12-/m0/s1. The van der Waals surface area contributed by atoms with Crippen molar-refractivity contribution in [3.05, 3.63) is 36.4 Å². The molecule has 22 heavy (non-hydrogen) atoms. The second kappa shape index (κ2) is 5.30. The van der Waals surface area contributed by atoms with Gasteiger partial charge >= 0.3 is 0 Å². The second-order valence-corrected chi connectivity index (χ2v) is 6.02. The van der Waals surface area contributed by atoms with Crippen molar-refractivity contribution in [3.8, 4) is 0 Å². The predicted octanol–water partition coefficient (Wildman–Crippen LogP) is 1.89. The maximum atomic E-state index is 5.78. The van der Waals surface area contributed by atoms with Crippen LogP contribution in [0.4, 0.5) is 0 Å². The Morgan fingerprint density at radius 2 is 1.91 bits per heavy atom. The van der Waals surface area contributed by atoms with Gasteiger partial charge in [-0.25, -0.2) is 4.98 Å². The summed E-state index contributed by atoms with van der Waals surface area (Å²) in [6.45, 7) is 6.82. The molecule has 2 atom stereocenters. The van der Waals surface area contributed by atoms with E-state index in [2.05, 4.69) is 33.9 Å². The minimum atomic E-state index is 0.252. The number of benzene rings is 1. The molecule has 0 spiro atoms. The third-order valence-electron chi connectivity index (χ3n) is 4.08. The van der Waals surface area contributed by atoms with Crippen molar-refractivity contribution >= 4 is 16.6 Å². The molecule has 114 valence electrons. The average Bonchev–Trinajstić information content (AvgIpc) is 2.90. The highest BCUT2D eigenvalue weighted by atomic mass is 16.5. The lowest BCUT2D eigenvalue weighted by molar-refractivity contribution is -0.0711. The lowest BCUT2D eigenvalue weighted by atomic mass is 10.2. The molecular formula is C16H19N5O. The van der Waals surface area contributed by atoms with Gasteiger partial charge in [-0.15, -0.1) is 10.2 Å². The molecule has 6 heteroatoms. The Morgan fingerprint density at radius 3 is 2.73 bits per heavy atom.